The molecule has 0 saturated heterocycles. The molecular formula is C22H28O4. The van der Waals surface area contributed by atoms with Crippen molar-refractivity contribution in [2.24, 2.45) is 0 Å². The maximum atomic E-state index is 11.9. The van der Waals surface area contributed by atoms with Gasteiger partial charge in [0.25, 0.3) is 0 Å². The Bertz CT molecular complexity index is 736. The summed E-state index contributed by atoms with van der Waals surface area (Å²) in [6.45, 7) is 4.49. The van der Waals surface area contributed by atoms with E-state index in [0.717, 1.165) is 47.6 Å². The minimum atomic E-state index is -0.189. The standard InChI is InChI=1S/C22H28O4/c1-3-5-11-21(23)25-15-18-14-13-17-9-7-8-10-19(17)20(18)16-26-22(24)12-6-4-2/h7-10,13-14H,3-6,11-12,15-16H2,1-2H3. The van der Waals surface area contributed by atoms with Crippen molar-refractivity contribution in [1.29, 1.82) is 0 Å². The highest BCUT2D eigenvalue weighted by Crippen LogP contribution is 2.24. The molecule has 0 aromatic heterocycles. The summed E-state index contributed by atoms with van der Waals surface area (Å²) in [6.07, 6.45) is 4.45. The fourth-order valence-electron chi connectivity index (χ4n) is 2.78. The third kappa shape index (κ3) is 5.87. The van der Waals surface area contributed by atoms with Crippen LogP contribution in [0.1, 0.15) is 63.5 Å². The molecule has 0 aliphatic rings. The molecule has 0 N–H and O–H groups in total. The second-order valence-electron chi connectivity index (χ2n) is 6.45. The fourth-order valence-corrected chi connectivity index (χ4v) is 2.78. The first kappa shape index (κ1) is 20.0. The largest absolute Gasteiger partial charge is 0.461 e. The van der Waals surface area contributed by atoms with E-state index in [2.05, 4.69) is 0 Å². The topological polar surface area (TPSA) is 52.6 Å². The van der Waals surface area contributed by atoms with Crippen LogP contribution in [-0.2, 0) is 32.3 Å². The van der Waals surface area contributed by atoms with Crippen LogP contribution in [0.3, 0.4) is 0 Å². The zero-order valence-corrected chi connectivity index (χ0v) is 15.8. The summed E-state index contributed by atoms with van der Waals surface area (Å²) in [5.74, 6) is -0.378. The van der Waals surface area contributed by atoms with Gasteiger partial charge >= 0.3 is 11.9 Å². The van der Waals surface area contributed by atoms with E-state index >= 15 is 0 Å². The first-order valence-corrected chi connectivity index (χ1v) is 9.46. The van der Waals surface area contributed by atoms with Gasteiger partial charge in [0.15, 0.2) is 0 Å². The van der Waals surface area contributed by atoms with Crippen LogP contribution in [-0.4, -0.2) is 11.9 Å². The molecule has 0 radical (unpaired) electrons. The number of fused-ring (bicyclic) bond motifs is 1. The summed E-state index contributed by atoms with van der Waals surface area (Å²) in [5, 5.41) is 2.10. The maximum absolute atomic E-state index is 11.9. The molecule has 0 aliphatic carbocycles. The summed E-state index contributed by atoms with van der Waals surface area (Å²) in [6, 6.07) is 11.9. The summed E-state index contributed by atoms with van der Waals surface area (Å²) < 4.78 is 10.9. The van der Waals surface area contributed by atoms with Gasteiger partial charge in [-0.05, 0) is 29.2 Å². The van der Waals surface area contributed by atoms with E-state index in [1.165, 1.54) is 0 Å². The molecule has 140 valence electrons. The van der Waals surface area contributed by atoms with Gasteiger partial charge in [0.2, 0.25) is 0 Å². The van der Waals surface area contributed by atoms with Crippen LogP contribution in [0, 0.1) is 0 Å². The van der Waals surface area contributed by atoms with Crippen LogP contribution in [0.2, 0.25) is 0 Å². The van der Waals surface area contributed by atoms with Gasteiger partial charge in [-0.2, -0.15) is 0 Å². The number of carbonyl (C=O) groups excluding carboxylic acids is 2. The number of carbonyl (C=O) groups is 2. The van der Waals surface area contributed by atoms with Crippen LogP contribution >= 0.6 is 0 Å². The van der Waals surface area contributed by atoms with Crippen molar-refractivity contribution in [2.45, 2.75) is 65.6 Å². The summed E-state index contributed by atoms with van der Waals surface area (Å²) in [4.78, 5) is 23.7. The normalized spacial score (nSPS) is 10.7. The summed E-state index contributed by atoms with van der Waals surface area (Å²) >= 11 is 0. The Labute approximate surface area is 155 Å². The van der Waals surface area contributed by atoms with Crippen molar-refractivity contribution in [3.05, 3.63) is 47.5 Å². The van der Waals surface area contributed by atoms with Gasteiger partial charge < -0.3 is 9.47 Å². The van der Waals surface area contributed by atoms with Crippen LogP contribution in [0.4, 0.5) is 0 Å². The smallest absolute Gasteiger partial charge is 0.306 e. The molecule has 4 nitrogen and oxygen atoms in total. The van der Waals surface area contributed by atoms with Crippen LogP contribution in [0.5, 0.6) is 0 Å². The zero-order chi connectivity index (χ0) is 18.8. The van der Waals surface area contributed by atoms with Crippen molar-refractivity contribution >= 4 is 22.7 Å². The average Bonchev–Trinajstić information content (AvgIpc) is 2.67. The first-order valence-electron chi connectivity index (χ1n) is 9.46. The van der Waals surface area contributed by atoms with Crippen molar-refractivity contribution in [3.63, 3.8) is 0 Å². The zero-order valence-electron chi connectivity index (χ0n) is 15.8. The molecule has 0 bridgehead atoms. The minimum Gasteiger partial charge on any atom is -0.461 e. The van der Waals surface area contributed by atoms with Crippen LogP contribution in [0.15, 0.2) is 36.4 Å². The Hall–Kier alpha value is -2.36. The van der Waals surface area contributed by atoms with Gasteiger partial charge in [0, 0.05) is 18.4 Å². The SMILES string of the molecule is CCCCC(=O)OCc1ccc2ccccc2c1COC(=O)CCCC. The summed E-state index contributed by atoms with van der Waals surface area (Å²) in [7, 11) is 0. The predicted octanol–water partition coefficient (Wildman–Crippen LogP) is 5.31. The van der Waals surface area contributed by atoms with Gasteiger partial charge in [-0.25, -0.2) is 0 Å². The highest BCUT2D eigenvalue weighted by Gasteiger charge is 2.12. The van der Waals surface area contributed by atoms with Crippen molar-refractivity contribution < 1.29 is 19.1 Å². The summed E-state index contributed by atoms with van der Waals surface area (Å²) in [5.41, 5.74) is 1.80. The molecule has 0 amide bonds. The Balaban J connectivity index is 2.14. The lowest BCUT2D eigenvalue weighted by atomic mass is 10.00. The number of rotatable bonds is 10. The first-order chi connectivity index (χ1) is 12.7. The Morgan fingerprint density at radius 3 is 2.08 bits per heavy atom. The highest BCUT2D eigenvalue weighted by atomic mass is 16.5. The molecular weight excluding hydrogens is 328 g/mol. The quantitative estimate of drug-likeness (QED) is 0.542. The van der Waals surface area contributed by atoms with Crippen LogP contribution < -0.4 is 0 Å². The lowest BCUT2D eigenvalue weighted by Crippen LogP contribution is -2.09. The molecule has 2 aromatic carbocycles. The van der Waals surface area contributed by atoms with E-state index in [1.54, 1.807) is 0 Å². The van der Waals surface area contributed by atoms with E-state index in [9.17, 15) is 9.59 Å². The second kappa shape index (κ2) is 10.6. The second-order valence-corrected chi connectivity index (χ2v) is 6.45. The van der Waals surface area contributed by atoms with E-state index in [0.29, 0.717) is 12.8 Å². The lowest BCUT2D eigenvalue weighted by Gasteiger charge is -2.14. The fraction of sp³-hybridized carbons (Fsp3) is 0.455. The van der Waals surface area contributed by atoms with E-state index < -0.39 is 0 Å². The van der Waals surface area contributed by atoms with E-state index in [4.69, 9.17) is 9.47 Å². The number of benzene rings is 2. The number of ether oxygens (including phenoxy) is 2. The van der Waals surface area contributed by atoms with E-state index in [-0.39, 0.29) is 25.2 Å². The average molecular weight is 356 g/mol. The number of esters is 2. The number of hydrogen-bond donors (Lipinski definition) is 0. The van der Waals surface area contributed by atoms with Gasteiger partial charge in [-0.1, -0.05) is 63.1 Å². The molecule has 0 unspecified atom stereocenters. The maximum Gasteiger partial charge on any atom is 0.306 e. The van der Waals surface area contributed by atoms with Gasteiger partial charge in [-0.15, -0.1) is 0 Å². The Kier molecular flexibility index (Phi) is 8.13. The van der Waals surface area contributed by atoms with Gasteiger partial charge in [-0.3, -0.25) is 9.59 Å². The molecule has 0 fully saturated rings. The van der Waals surface area contributed by atoms with Gasteiger partial charge in [0.1, 0.15) is 13.2 Å². The number of hydrogen-bond acceptors (Lipinski definition) is 4. The Morgan fingerprint density at radius 2 is 1.42 bits per heavy atom. The molecule has 0 atom stereocenters. The highest BCUT2D eigenvalue weighted by molar-refractivity contribution is 5.87. The number of unbranched alkanes of at least 4 members (excludes halogenated alkanes) is 2. The molecule has 0 spiro atoms. The molecule has 2 rings (SSSR count). The Morgan fingerprint density at radius 1 is 0.808 bits per heavy atom. The third-order valence-electron chi connectivity index (χ3n) is 4.37. The van der Waals surface area contributed by atoms with Gasteiger partial charge in [0.05, 0.1) is 0 Å². The van der Waals surface area contributed by atoms with Crippen LogP contribution in [0.25, 0.3) is 10.8 Å². The minimum absolute atomic E-state index is 0.189. The molecule has 26 heavy (non-hydrogen) atoms. The molecule has 0 heterocycles. The molecule has 2 aromatic rings. The third-order valence-corrected chi connectivity index (χ3v) is 4.37. The van der Waals surface area contributed by atoms with Crippen molar-refractivity contribution in [2.75, 3.05) is 0 Å². The monoisotopic (exact) mass is 356 g/mol. The van der Waals surface area contributed by atoms with Crippen molar-refractivity contribution in [3.8, 4) is 0 Å². The van der Waals surface area contributed by atoms with E-state index in [1.807, 2.05) is 50.2 Å². The lowest BCUT2D eigenvalue weighted by molar-refractivity contribution is -0.146. The molecule has 0 saturated carbocycles. The predicted molar refractivity (Wildman–Crippen MR) is 103 cm³/mol. The molecule has 4 heteroatoms. The molecule has 0 aliphatic heterocycles. The van der Waals surface area contributed by atoms with Crippen molar-refractivity contribution in [1.82, 2.24) is 0 Å².